The van der Waals surface area contributed by atoms with Gasteiger partial charge < -0.3 is 5.32 Å². The molecule has 0 bridgehead atoms. The Bertz CT molecular complexity index is 980. The Morgan fingerprint density at radius 2 is 1.44 bits per heavy atom. The summed E-state index contributed by atoms with van der Waals surface area (Å²) in [5.74, 6) is 0.194. The molecule has 2 aromatic carbocycles. The van der Waals surface area contributed by atoms with Crippen LogP contribution in [0.2, 0.25) is 0 Å². The van der Waals surface area contributed by atoms with Crippen molar-refractivity contribution < 1.29 is 8.78 Å². The molecule has 4 nitrogen and oxygen atoms in total. The van der Waals surface area contributed by atoms with Crippen molar-refractivity contribution in [1.29, 1.82) is 0 Å². The highest BCUT2D eigenvalue weighted by atomic mass is 19.1. The minimum Gasteiger partial charge on any atom is -0.338 e. The van der Waals surface area contributed by atoms with E-state index in [9.17, 15) is 8.78 Å². The molecular formula is C19H12F2N4. The first-order valence-corrected chi connectivity index (χ1v) is 7.59. The summed E-state index contributed by atoms with van der Waals surface area (Å²) in [5.41, 5.74) is 2.50. The smallest absolute Gasteiger partial charge is 0.162 e. The molecule has 25 heavy (non-hydrogen) atoms. The molecule has 1 N–H and O–H groups in total. The van der Waals surface area contributed by atoms with Gasteiger partial charge in [-0.25, -0.2) is 18.8 Å². The highest BCUT2D eigenvalue weighted by Crippen LogP contribution is 2.29. The van der Waals surface area contributed by atoms with E-state index < -0.39 is 0 Å². The summed E-state index contributed by atoms with van der Waals surface area (Å²) in [6.45, 7) is 0. The Balaban J connectivity index is 1.88. The van der Waals surface area contributed by atoms with Crippen molar-refractivity contribution in [2.24, 2.45) is 9.98 Å². The predicted octanol–water partition coefficient (Wildman–Crippen LogP) is 4.31. The fourth-order valence-corrected chi connectivity index (χ4v) is 2.48. The zero-order chi connectivity index (χ0) is 17.2. The number of aromatic nitrogens is 1. The standard InChI is InChI=1S/C19H12F2N4/c20-14-3-1-12(2-4-14)18-24-17-11-15(21)5-6-16(17)23-19(25-18)13-7-9-22-10-8-13/h1-11H,(H,23,24,25). The Labute approximate surface area is 142 Å². The normalized spacial score (nSPS) is 13.2. The number of hydrogen-bond donors (Lipinski definition) is 1. The van der Waals surface area contributed by atoms with Crippen LogP contribution in [0.15, 0.2) is 77.0 Å². The third-order valence-corrected chi connectivity index (χ3v) is 3.71. The highest BCUT2D eigenvalue weighted by molar-refractivity contribution is 6.19. The molecule has 2 heterocycles. The molecule has 1 aliphatic rings. The van der Waals surface area contributed by atoms with Gasteiger partial charge in [-0.1, -0.05) is 0 Å². The topological polar surface area (TPSA) is 49.6 Å². The van der Waals surface area contributed by atoms with Crippen molar-refractivity contribution in [3.05, 3.63) is 89.8 Å². The van der Waals surface area contributed by atoms with Gasteiger partial charge in [0.2, 0.25) is 0 Å². The van der Waals surface area contributed by atoms with E-state index in [4.69, 9.17) is 0 Å². The van der Waals surface area contributed by atoms with Crippen LogP contribution in [0.25, 0.3) is 0 Å². The fraction of sp³-hybridized carbons (Fsp3) is 0. The third kappa shape index (κ3) is 3.14. The SMILES string of the molecule is Fc1ccc(C2=NC(c3ccncc3)=Nc3ccc(F)cc3N2)cc1. The summed E-state index contributed by atoms with van der Waals surface area (Å²) in [6.07, 6.45) is 3.30. The van der Waals surface area contributed by atoms with Crippen LogP contribution in [0, 0.1) is 11.6 Å². The van der Waals surface area contributed by atoms with Crippen LogP contribution in [-0.2, 0) is 0 Å². The van der Waals surface area contributed by atoms with Crippen molar-refractivity contribution in [3.8, 4) is 0 Å². The van der Waals surface area contributed by atoms with Crippen LogP contribution in [-0.4, -0.2) is 16.7 Å². The van der Waals surface area contributed by atoms with Gasteiger partial charge in [0.1, 0.15) is 17.5 Å². The average molecular weight is 334 g/mol. The largest absolute Gasteiger partial charge is 0.338 e. The quantitative estimate of drug-likeness (QED) is 0.759. The molecule has 0 spiro atoms. The summed E-state index contributed by atoms with van der Waals surface area (Å²) in [5, 5.41) is 3.09. The molecule has 122 valence electrons. The summed E-state index contributed by atoms with van der Waals surface area (Å²) < 4.78 is 26.9. The lowest BCUT2D eigenvalue weighted by molar-refractivity contribution is 0.627. The van der Waals surface area contributed by atoms with Crippen LogP contribution in [0.3, 0.4) is 0 Å². The number of aliphatic imine (C=N–C) groups is 2. The second kappa shape index (κ2) is 6.24. The Hall–Kier alpha value is -3.41. The van der Waals surface area contributed by atoms with E-state index in [0.29, 0.717) is 28.6 Å². The first-order valence-electron chi connectivity index (χ1n) is 7.59. The number of hydrogen-bond acceptors (Lipinski definition) is 4. The van der Waals surface area contributed by atoms with Crippen LogP contribution < -0.4 is 5.32 Å². The van der Waals surface area contributed by atoms with E-state index in [0.717, 1.165) is 5.56 Å². The molecule has 0 aliphatic carbocycles. The third-order valence-electron chi connectivity index (χ3n) is 3.71. The number of halogens is 2. The Morgan fingerprint density at radius 1 is 0.720 bits per heavy atom. The number of pyridine rings is 1. The van der Waals surface area contributed by atoms with Gasteiger partial charge in [-0.05, 0) is 54.6 Å². The molecule has 3 aromatic rings. The molecule has 0 unspecified atom stereocenters. The second-order valence-electron chi connectivity index (χ2n) is 5.43. The summed E-state index contributed by atoms with van der Waals surface area (Å²) in [4.78, 5) is 13.1. The minimum atomic E-state index is -0.382. The molecule has 0 atom stereocenters. The molecule has 4 rings (SSSR count). The molecule has 6 heteroatoms. The summed E-state index contributed by atoms with van der Waals surface area (Å²) >= 11 is 0. The number of fused-ring (bicyclic) bond motifs is 1. The van der Waals surface area contributed by atoms with Crippen LogP contribution in [0.1, 0.15) is 11.1 Å². The van der Waals surface area contributed by atoms with E-state index in [-0.39, 0.29) is 11.6 Å². The lowest BCUT2D eigenvalue weighted by atomic mass is 10.2. The monoisotopic (exact) mass is 334 g/mol. The maximum atomic E-state index is 13.6. The molecular weight excluding hydrogens is 322 g/mol. The lowest BCUT2D eigenvalue weighted by Gasteiger charge is -2.09. The first-order chi connectivity index (χ1) is 12.2. The van der Waals surface area contributed by atoms with Crippen LogP contribution in [0.5, 0.6) is 0 Å². The van der Waals surface area contributed by atoms with E-state index in [1.54, 1.807) is 42.7 Å². The van der Waals surface area contributed by atoms with Crippen molar-refractivity contribution in [1.82, 2.24) is 4.98 Å². The highest BCUT2D eigenvalue weighted by Gasteiger charge is 2.16. The van der Waals surface area contributed by atoms with Gasteiger partial charge in [0.05, 0.1) is 11.4 Å². The minimum absolute atomic E-state index is 0.340. The van der Waals surface area contributed by atoms with Crippen molar-refractivity contribution >= 4 is 23.0 Å². The Morgan fingerprint density at radius 3 is 2.20 bits per heavy atom. The van der Waals surface area contributed by atoms with E-state index in [2.05, 4.69) is 20.3 Å². The summed E-state index contributed by atoms with van der Waals surface area (Å²) in [6, 6.07) is 13.8. The molecule has 0 fully saturated rings. The van der Waals surface area contributed by atoms with Gasteiger partial charge >= 0.3 is 0 Å². The maximum absolute atomic E-state index is 13.6. The number of benzene rings is 2. The maximum Gasteiger partial charge on any atom is 0.162 e. The van der Waals surface area contributed by atoms with Gasteiger partial charge in [0, 0.05) is 23.5 Å². The average Bonchev–Trinajstić information content (AvgIpc) is 2.82. The van der Waals surface area contributed by atoms with Gasteiger partial charge in [-0.2, -0.15) is 0 Å². The molecule has 0 radical (unpaired) electrons. The van der Waals surface area contributed by atoms with E-state index >= 15 is 0 Å². The number of anilines is 1. The number of nitrogens with one attached hydrogen (secondary N) is 1. The molecule has 0 saturated heterocycles. The fourth-order valence-electron chi connectivity index (χ4n) is 2.48. The molecule has 0 amide bonds. The molecule has 1 aliphatic heterocycles. The number of rotatable bonds is 2. The van der Waals surface area contributed by atoms with Crippen LogP contribution >= 0.6 is 0 Å². The first kappa shape index (κ1) is 15.1. The zero-order valence-corrected chi connectivity index (χ0v) is 12.9. The predicted molar refractivity (Wildman–Crippen MR) is 93.4 cm³/mol. The lowest BCUT2D eigenvalue weighted by Crippen LogP contribution is -2.15. The summed E-state index contributed by atoms with van der Waals surface area (Å²) in [7, 11) is 0. The number of amidine groups is 2. The van der Waals surface area contributed by atoms with Gasteiger partial charge in [-0.3, -0.25) is 4.98 Å². The second-order valence-corrected chi connectivity index (χ2v) is 5.43. The van der Waals surface area contributed by atoms with Gasteiger partial charge in [0.15, 0.2) is 5.84 Å². The Kier molecular flexibility index (Phi) is 3.78. The van der Waals surface area contributed by atoms with Crippen molar-refractivity contribution in [2.75, 3.05) is 5.32 Å². The van der Waals surface area contributed by atoms with Crippen molar-refractivity contribution in [2.45, 2.75) is 0 Å². The zero-order valence-electron chi connectivity index (χ0n) is 12.9. The van der Waals surface area contributed by atoms with Gasteiger partial charge in [0.25, 0.3) is 0 Å². The van der Waals surface area contributed by atoms with Crippen LogP contribution in [0.4, 0.5) is 20.2 Å². The van der Waals surface area contributed by atoms with Gasteiger partial charge in [-0.15, -0.1) is 0 Å². The molecule has 0 saturated carbocycles. The van der Waals surface area contributed by atoms with E-state index in [1.165, 1.54) is 24.3 Å². The van der Waals surface area contributed by atoms with Crippen molar-refractivity contribution in [3.63, 3.8) is 0 Å². The number of nitrogens with zero attached hydrogens (tertiary/aromatic N) is 3. The van der Waals surface area contributed by atoms with E-state index in [1.807, 2.05) is 0 Å². The molecule has 1 aromatic heterocycles.